The average Bonchev–Trinajstić information content (AvgIpc) is 2.74. The van der Waals surface area contributed by atoms with Crippen LogP contribution in [0.3, 0.4) is 0 Å². The molecule has 1 aliphatic heterocycles. The molecule has 0 spiro atoms. The van der Waals surface area contributed by atoms with Crippen LogP contribution in [0.15, 0.2) is 48.5 Å². The van der Waals surface area contributed by atoms with Crippen molar-refractivity contribution in [2.75, 3.05) is 43.5 Å². The first-order valence-corrected chi connectivity index (χ1v) is 9.05. The van der Waals surface area contributed by atoms with E-state index in [1.165, 1.54) is 0 Å². The van der Waals surface area contributed by atoms with Crippen LogP contribution in [0.5, 0.6) is 5.75 Å². The van der Waals surface area contributed by atoms with Gasteiger partial charge in [0.05, 0.1) is 24.8 Å². The molecule has 1 fully saturated rings. The second-order valence-electron chi connectivity index (χ2n) is 6.58. The number of carbonyl (C=O) groups excluding carboxylic acids is 1. The van der Waals surface area contributed by atoms with Crippen LogP contribution in [0.1, 0.15) is 12.5 Å². The molecule has 1 amide bonds. The zero-order valence-corrected chi connectivity index (χ0v) is 15.7. The molecule has 0 saturated carbocycles. The van der Waals surface area contributed by atoms with Gasteiger partial charge in [-0.15, -0.1) is 0 Å². The maximum Gasteiger partial charge on any atom is 0.241 e. The quantitative estimate of drug-likeness (QED) is 0.883. The van der Waals surface area contributed by atoms with Gasteiger partial charge in [0.1, 0.15) is 5.75 Å². The second kappa shape index (κ2) is 8.56. The molecular weight excluding hydrogens is 340 g/mol. The SMILES string of the molecule is COc1cccc(N2CCN([C@H](C)C(=O)Nc3ccc(C#N)cc3)CC2)c1. The molecule has 0 unspecified atom stereocenters. The largest absolute Gasteiger partial charge is 0.497 e. The highest BCUT2D eigenvalue weighted by Gasteiger charge is 2.25. The fraction of sp³-hybridized carbons (Fsp3) is 0.333. The summed E-state index contributed by atoms with van der Waals surface area (Å²) in [5.74, 6) is 0.819. The molecule has 3 rings (SSSR count). The predicted octanol–water partition coefficient (Wildman–Crippen LogP) is 2.72. The Labute approximate surface area is 160 Å². The number of amides is 1. The fourth-order valence-electron chi connectivity index (χ4n) is 3.22. The number of benzene rings is 2. The molecule has 6 heteroatoms. The van der Waals surface area contributed by atoms with Crippen LogP contribution in [0, 0.1) is 11.3 Å². The number of hydrogen-bond acceptors (Lipinski definition) is 5. The third-order valence-corrected chi connectivity index (χ3v) is 4.94. The van der Waals surface area contributed by atoms with Crippen LogP contribution in [-0.4, -0.2) is 50.1 Å². The zero-order valence-electron chi connectivity index (χ0n) is 15.7. The second-order valence-corrected chi connectivity index (χ2v) is 6.58. The Hall–Kier alpha value is -3.04. The number of nitriles is 1. The lowest BCUT2D eigenvalue weighted by atomic mass is 10.1. The minimum absolute atomic E-state index is 0.0328. The first kappa shape index (κ1) is 18.7. The molecule has 1 atom stereocenters. The molecule has 140 valence electrons. The van der Waals surface area contributed by atoms with Gasteiger partial charge >= 0.3 is 0 Å². The Morgan fingerprint density at radius 1 is 1.15 bits per heavy atom. The molecule has 0 bridgehead atoms. The summed E-state index contributed by atoms with van der Waals surface area (Å²) < 4.78 is 5.30. The van der Waals surface area contributed by atoms with E-state index in [1.807, 2.05) is 25.1 Å². The highest BCUT2D eigenvalue weighted by atomic mass is 16.5. The van der Waals surface area contributed by atoms with Crippen molar-refractivity contribution >= 4 is 17.3 Å². The summed E-state index contributed by atoms with van der Waals surface area (Å²) >= 11 is 0. The molecule has 6 nitrogen and oxygen atoms in total. The Morgan fingerprint density at radius 2 is 1.85 bits per heavy atom. The monoisotopic (exact) mass is 364 g/mol. The lowest BCUT2D eigenvalue weighted by Gasteiger charge is -2.38. The average molecular weight is 364 g/mol. The van der Waals surface area contributed by atoms with Crippen molar-refractivity contribution in [1.82, 2.24) is 4.90 Å². The maximum atomic E-state index is 12.6. The Kier molecular flexibility index (Phi) is 5.94. The lowest BCUT2D eigenvalue weighted by Crippen LogP contribution is -2.52. The first-order valence-electron chi connectivity index (χ1n) is 9.05. The van der Waals surface area contributed by atoms with Crippen molar-refractivity contribution in [3.8, 4) is 11.8 Å². The molecular formula is C21H24N4O2. The van der Waals surface area contributed by atoms with Crippen molar-refractivity contribution in [2.24, 2.45) is 0 Å². The molecule has 2 aromatic carbocycles. The predicted molar refractivity (Wildman–Crippen MR) is 106 cm³/mol. The Bertz CT molecular complexity index is 821. The number of anilines is 2. The van der Waals surface area contributed by atoms with Gasteiger partial charge in [0.15, 0.2) is 0 Å². The van der Waals surface area contributed by atoms with E-state index in [4.69, 9.17) is 10.00 Å². The highest BCUT2D eigenvalue weighted by Crippen LogP contribution is 2.22. The van der Waals surface area contributed by atoms with E-state index in [9.17, 15) is 4.79 Å². The summed E-state index contributed by atoms with van der Waals surface area (Å²) in [6, 6.07) is 16.8. The molecule has 0 aliphatic carbocycles. The Balaban J connectivity index is 1.54. The van der Waals surface area contributed by atoms with Gasteiger partial charge in [-0.3, -0.25) is 9.69 Å². The summed E-state index contributed by atoms with van der Waals surface area (Å²) in [6.45, 7) is 5.29. The van der Waals surface area contributed by atoms with Crippen LogP contribution in [-0.2, 0) is 4.79 Å². The van der Waals surface area contributed by atoms with Crippen LogP contribution in [0.25, 0.3) is 0 Å². The van der Waals surface area contributed by atoms with Gasteiger partial charge in [0.2, 0.25) is 5.91 Å². The van der Waals surface area contributed by atoms with Gasteiger partial charge in [0.25, 0.3) is 0 Å². The summed E-state index contributed by atoms with van der Waals surface area (Å²) in [6.07, 6.45) is 0. The highest BCUT2D eigenvalue weighted by molar-refractivity contribution is 5.94. The van der Waals surface area contributed by atoms with Crippen LogP contribution < -0.4 is 15.0 Å². The number of methoxy groups -OCH3 is 1. The minimum Gasteiger partial charge on any atom is -0.497 e. The summed E-state index contributed by atoms with van der Waals surface area (Å²) in [5, 5.41) is 11.8. The first-order chi connectivity index (χ1) is 13.1. The van der Waals surface area contributed by atoms with Gasteiger partial charge in [-0.25, -0.2) is 0 Å². The third kappa shape index (κ3) is 4.57. The number of hydrogen-bond donors (Lipinski definition) is 1. The molecule has 2 aromatic rings. The normalized spacial score (nSPS) is 15.7. The van der Waals surface area contributed by atoms with Gasteiger partial charge in [-0.1, -0.05) is 6.07 Å². The van der Waals surface area contributed by atoms with Gasteiger partial charge < -0.3 is 15.0 Å². The summed E-state index contributed by atoms with van der Waals surface area (Å²) in [5.41, 5.74) is 2.43. The van der Waals surface area contributed by atoms with Crippen molar-refractivity contribution < 1.29 is 9.53 Å². The number of piperazine rings is 1. The Morgan fingerprint density at radius 3 is 2.48 bits per heavy atom. The van der Waals surface area contributed by atoms with Gasteiger partial charge in [-0.2, -0.15) is 5.26 Å². The van der Waals surface area contributed by atoms with E-state index in [0.717, 1.165) is 37.6 Å². The molecule has 1 saturated heterocycles. The third-order valence-electron chi connectivity index (χ3n) is 4.94. The number of ether oxygens (including phenoxy) is 1. The number of carbonyl (C=O) groups is 1. The molecule has 0 radical (unpaired) electrons. The molecule has 1 aliphatic rings. The summed E-state index contributed by atoms with van der Waals surface area (Å²) in [4.78, 5) is 17.1. The van der Waals surface area contributed by atoms with Gasteiger partial charge in [0, 0.05) is 43.6 Å². The smallest absolute Gasteiger partial charge is 0.241 e. The van der Waals surface area contributed by atoms with E-state index in [0.29, 0.717) is 11.3 Å². The molecule has 1 heterocycles. The molecule has 27 heavy (non-hydrogen) atoms. The van der Waals surface area contributed by atoms with Crippen molar-refractivity contribution in [3.63, 3.8) is 0 Å². The van der Waals surface area contributed by atoms with E-state index < -0.39 is 0 Å². The number of nitrogens with zero attached hydrogens (tertiary/aromatic N) is 3. The molecule has 1 N–H and O–H groups in total. The standard InChI is InChI=1S/C21H24N4O2/c1-16(21(26)23-18-8-6-17(15-22)7-9-18)24-10-12-25(13-11-24)19-4-3-5-20(14-19)27-2/h3-9,14,16H,10-13H2,1-2H3,(H,23,26)/t16-/m1/s1. The van der Waals surface area contributed by atoms with Crippen molar-refractivity contribution in [2.45, 2.75) is 13.0 Å². The van der Waals surface area contributed by atoms with E-state index in [-0.39, 0.29) is 11.9 Å². The fourth-order valence-corrected chi connectivity index (χ4v) is 3.22. The van der Waals surface area contributed by atoms with Crippen molar-refractivity contribution in [1.29, 1.82) is 5.26 Å². The lowest BCUT2D eigenvalue weighted by molar-refractivity contribution is -0.120. The van der Waals surface area contributed by atoms with Crippen LogP contribution in [0.2, 0.25) is 0 Å². The van der Waals surface area contributed by atoms with E-state index >= 15 is 0 Å². The van der Waals surface area contributed by atoms with Crippen molar-refractivity contribution in [3.05, 3.63) is 54.1 Å². The summed E-state index contributed by atoms with van der Waals surface area (Å²) in [7, 11) is 1.67. The topological polar surface area (TPSA) is 68.6 Å². The van der Waals surface area contributed by atoms with Gasteiger partial charge in [-0.05, 0) is 43.3 Å². The minimum atomic E-state index is -0.215. The molecule has 0 aromatic heterocycles. The number of nitrogens with one attached hydrogen (secondary N) is 1. The zero-order chi connectivity index (χ0) is 19.2. The maximum absolute atomic E-state index is 12.6. The van der Waals surface area contributed by atoms with E-state index in [2.05, 4.69) is 27.3 Å². The van der Waals surface area contributed by atoms with Crippen LogP contribution in [0.4, 0.5) is 11.4 Å². The van der Waals surface area contributed by atoms with Crippen LogP contribution >= 0.6 is 0 Å². The van der Waals surface area contributed by atoms with E-state index in [1.54, 1.807) is 31.4 Å². The number of rotatable bonds is 5.